The van der Waals surface area contributed by atoms with Gasteiger partial charge in [0, 0.05) is 11.6 Å². The fraction of sp³-hybridized carbons (Fsp3) is 0.267. The third-order valence-electron chi connectivity index (χ3n) is 3.30. The molecule has 0 saturated carbocycles. The molecule has 2 rings (SSSR count). The monoisotopic (exact) mass is 384 g/mol. The third-order valence-corrected chi connectivity index (χ3v) is 5.28. The van der Waals surface area contributed by atoms with E-state index in [9.17, 15) is 24.9 Å². The lowest BCUT2D eigenvalue weighted by atomic mass is 10.1. The molecule has 0 radical (unpaired) electrons. The van der Waals surface area contributed by atoms with Crippen LogP contribution in [0.3, 0.4) is 0 Å². The molecule has 9 heteroatoms. The maximum absolute atomic E-state index is 12.5. The van der Waals surface area contributed by atoms with Crippen LogP contribution in [0.2, 0.25) is 0 Å². The van der Waals surface area contributed by atoms with E-state index in [1.54, 1.807) is 0 Å². The van der Waals surface area contributed by atoms with E-state index in [-0.39, 0.29) is 27.1 Å². The molecule has 1 aromatic carbocycles. The minimum atomic E-state index is -1.35. The number of benzene rings is 1. The first-order chi connectivity index (χ1) is 11.3. The van der Waals surface area contributed by atoms with Crippen LogP contribution < -0.4 is 5.11 Å². The Labute approximate surface area is 152 Å². The zero-order valence-corrected chi connectivity index (χ0v) is 15.0. The number of carbonyl (C=O) groups excluding carboxylic acids is 2. The van der Waals surface area contributed by atoms with Crippen molar-refractivity contribution in [2.75, 3.05) is 12.0 Å². The number of carbonyl (C=O) groups is 2. The lowest BCUT2D eigenvalue weighted by molar-refractivity contribution is -0.310. The van der Waals surface area contributed by atoms with Crippen molar-refractivity contribution in [2.45, 2.75) is 12.5 Å². The molecule has 0 unspecified atom stereocenters. The zero-order chi connectivity index (χ0) is 17.9. The van der Waals surface area contributed by atoms with Crippen LogP contribution in [0.15, 0.2) is 23.1 Å². The third kappa shape index (κ3) is 4.03. The molecule has 128 valence electrons. The summed E-state index contributed by atoms with van der Waals surface area (Å²) in [5, 5.41) is 30.5. The van der Waals surface area contributed by atoms with Crippen LogP contribution in [0, 0.1) is 0 Å². The zero-order valence-electron chi connectivity index (χ0n) is 12.6. The molecule has 1 aliphatic rings. The number of thiocarbonyl (C=S) groups is 1. The van der Waals surface area contributed by atoms with Crippen LogP contribution in [-0.4, -0.2) is 49.4 Å². The molecule has 1 aromatic rings. The van der Waals surface area contributed by atoms with Gasteiger partial charge >= 0.3 is 0 Å². The van der Waals surface area contributed by atoms with Crippen LogP contribution in [0.4, 0.5) is 0 Å². The summed E-state index contributed by atoms with van der Waals surface area (Å²) in [6, 6.07) is 2.84. The summed E-state index contributed by atoms with van der Waals surface area (Å²) < 4.78 is 0.139. The normalized spacial score (nSPS) is 17.5. The summed E-state index contributed by atoms with van der Waals surface area (Å²) in [6.45, 7) is 0. The quantitative estimate of drug-likeness (QED) is 0.557. The van der Waals surface area contributed by atoms with Gasteiger partial charge in [-0.05, 0) is 36.6 Å². The van der Waals surface area contributed by atoms with Gasteiger partial charge in [0.15, 0.2) is 0 Å². The molecular formula is C15H14NO5S3-. The average Bonchev–Trinajstić information content (AvgIpc) is 2.78. The van der Waals surface area contributed by atoms with Crippen molar-refractivity contribution in [2.24, 2.45) is 0 Å². The SMILES string of the molecule is CSCC[C@@H](C(=O)[O-])N1C(=O)/C(=C\c2ccc(O)cc2O)SC1=S. The maximum atomic E-state index is 12.5. The highest BCUT2D eigenvalue weighted by Gasteiger charge is 2.37. The van der Waals surface area contributed by atoms with Crippen molar-refractivity contribution in [1.82, 2.24) is 4.90 Å². The highest BCUT2D eigenvalue weighted by Crippen LogP contribution is 2.36. The van der Waals surface area contributed by atoms with Crippen LogP contribution in [-0.2, 0) is 9.59 Å². The molecule has 2 N–H and O–H groups in total. The molecule has 1 saturated heterocycles. The Morgan fingerprint density at radius 3 is 2.79 bits per heavy atom. The topological polar surface area (TPSA) is 101 Å². The highest BCUT2D eigenvalue weighted by molar-refractivity contribution is 8.26. The first-order valence-electron chi connectivity index (χ1n) is 6.84. The number of amides is 1. The Hall–Kier alpha value is -1.71. The molecule has 1 heterocycles. The lowest BCUT2D eigenvalue weighted by Crippen LogP contribution is -2.50. The van der Waals surface area contributed by atoms with E-state index in [0.717, 1.165) is 22.7 Å². The van der Waals surface area contributed by atoms with Gasteiger partial charge in [-0.3, -0.25) is 9.69 Å². The molecule has 0 aliphatic carbocycles. The van der Waals surface area contributed by atoms with Gasteiger partial charge in [0.2, 0.25) is 0 Å². The number of phenolic OH excluding ortho intramolecular Hbond substituents is 2. The van der Waals surface area contributed by atoms with E-state index >= 15 is 0 Å². The summed E-state index contributed by atoms with van der Waals surface area (Å²) in [5.41, 5.74) is 0.322. The van der Waals surface area contributed by atoms with Gasteiger partial charge in [-0.2, -0.15) is 11.8 Å². The molecular weight excluding hydrogens is 370 g/mol. The van der Waals surface area contributed by atoms with E-state index in [2.05, 4.69) is 0 Å². The smallest absolute Gasteiger partial charge is 0.266 e. The molecule has 1 atom stereocenters. The molecule has 0 aromatic heterocycles. The number of rotatable bonds is 6. The Kier molecular flexibility index (Phi) is 6.14. The number of thioether (sulfide) groups is 2. The van der Waals surface area contributed by atoms with Gasteiger partial charge < -0.3 is 20.1 Å². The van der Waals surface area contributed by atoms with Crippen LogP contribution in [0.5, 0.6) is 11.5 Å². The van der Waals surface area contributed by atoms with Crippen molar-refractivity contribution in [3.63, 3.8) is 0 Å². The van der Waals surface area contributed by atoms with Crippen LogP contribution >= 0.6 is 35.7 Å². The number of nitrogens with zero attached hydrogens (tertiary/aromatic N) is 1. The summed E-state index contributed by atoms with van der Waals surface area (Å²) in [6.07, 6.45) is 3.48. The van der Waals surface area contributed by atoms with Crippen molar-refractivity contribution in [3.8, 4) is 11.5 Å². The molecule has 1 fully saturated rings. The fourth-order valence-electron chi connectivity index (χ4n) is 2.13. The van der Waals surface area contributed by atoms with Gasteiger partial charge in [-0.1, -0.05) is 24.0 Å². The predicted molar refractivity (Wildman–Crippen MR) is 96.6 cm³/mol. The first-order valence-corrected chi connectivity index (χ1v) is 9.46. The number of aliphatic carboxylic acids is 1. The van der Waals surface area contributed by atoms with Gasteiger partial charge in [0.25, 0.3) is 5.91 Å². The van der Waals surface area contributed by atoms with Crippen molar-refractivity contribution < 1.29 is 24.9 Å². The van der Waals surface area contributed by atoms with E-state index in [0.29, 0.717) is 11.3 Å². The van der Waals surface area contributed by atoms with Crippen molar-refractivity contribution in [1.29, 1.82) is 0 Å². The average molecular weight is 384 g/mol. The van der Waals surface area contributed by atoms with Crippen molar-refractivity contribution in [3.05, 3.63) is 28.7 Å². The molecule has 0 bridgehead atoms. The first kappa shape index (κ1) is 18.6. The van der Waals surface area contributed by atoms with Gasteiger partial charge in [-0.25, -0.2) is 0 Å². The number of phenols is 2. The van der Waals surface area contributed by atoms with Gasteiger partial charge in [0.05, 0.1) is 16.9 Å². The lowest BCUT2D eigenvalue weighted by Gasteiger charge is -2.27. The summed E-state index contributed by atoms with van der Waals surface area (Å²) in [7, 11) is 0. The number of hydrogen-bond acceptors (Lipinski definition) is 8. The highest BCUT2D eigenvalue weighted by atomic mass is 32.2. The van der Waals surface area contributed by atoms with E-state index < -0.39 is 17.9 Å². The largest absolute Gasteiger partial charge is 0.548 e. The second-order valence-electron chi connectivity index (χ2n) is 4.91. The number of hydrogen-bond donors (Lipinski definition) is 2. The van der Waals surface area contributed by atoms with Crippen molar-refractivity contribution >= 4 is 58.0 Å². The molecule has 0 spiro atoms. The second-order valence-corrected chi connectivity index (χ2v) is 7.57. The summed E-state index contributed by atoms with van der Waals surface area (Å²) in [5.74, 6) is -1.64. The minimum absolute atomic E-state index is 0.105. The van der Waals surface area contributed by atoms with E-state index in [1.165, 1.54) is 30.0 Å². The van der Waals surface area contributed by atoms with Gasteiger partial charge in [-0.15, -0.1) is 0 Å². The Morgan fingerprint density at radius 2 is 2.21 bits per heavy atom. The Balaban J connectivity index is 2.30. The molecule has 1 aliphatic heterocycles. The number of aromatic hydroxyl groups is 2. The number of carboxylic acid groups (broad SMARTS) is 1. The Bertz CT molecular complexity index is 719. The van der Waals surface area contributed by atoms with E-state index in [1.807, 2.05) is 6.26 Å². The predicted octanol–water partition coefficient (Wildman–Crippen LogP) is 1.17. The Morgan fingerprint density at radius 1 is 1.50 bits per heavy atom. The van der Waals surface area contributed by atoms with Crippen LogP contribution in [0.1, 0.15) is 12.0 Å². The molecule has 1 amide bonds. The summed E-state index contributed by atoms with van der Waals surface area (Å²) in [4.78, 5) is 25.2. The number of carboxylic acids is 1. The second kappa shape index (κ2) is 7.91. The van der Waals surface area contributed by atoms with Gasteiger partial charge in [0.1, 0.15) is 15.8 Å². The summed E-state index contributed by atoms with van der Waals surface area (Å²) >= 11 is 7.57. The maximum Gasteiger partial charge on any atom is 0.266 e. The van der Waals surface area contributed by atoms with E-state index in [4.69, 9.17) is 12.2 Å². The van der Waals surface area contributed by atoms with Crippen LogP contribution in [0.25, 0.3) is 6.08 Å². The molecule has 6 nitrogen and oxygen atoms in total. The fourth-order valence-corrected chi connectivity index (χ4v) is 3.93. The minimum Gasteiger partial charge on any atom is -0.548 e. The standard InChI is InChI=1S/C15H15NO5S3/c1-23-5-4-10(14(20)21)16-13(19)12(24-15(16)22)6-8-2-3-9(17)7-11(8)18/h2-3,6-7,10,17-18H,4-5H2,1H3,(H,20,21)/p-1/b12-6+/t10-/m0/s1. The molecule has 24 heavy (non-hydrogen) atoms.